The molecular weight excluding hydrogens is 192 g/mol. The van der Waals surface area contributed by atoms with Crippen molar-refractivity contribution in [3.63, 3.8) is 0 Å². The second kappa shape index (κ2) is 4.93. The zero-order valence-corrected chi connectivity index (χ0v) is 9.20. The van der Waals surface area contributed by atoms with E-state index in [4.69, 9.17) is 5.73 Å². The molecule has 84 valence electrons. The lowest BCUT2D eigenvalue weighted by atomic mass is 9.98. The van der Waals surface area contributed by atoms with E-state index in [0.29, 0.717) is 31.0 Å². The summed E-state index contributed by atoms with van der Waals surface area (Å²) in [4.78, 5) is 7.94. The van der Waals surface area contributed by atoms with Crippen molar-refractivity contribution < 1.29 is 5.11 Å². The number of nitrogens with two attached hydrogens (primary N) is 1. The van der Waals surface area contributed by atoms with Gasteiger partial charge in [-0.2, -0.15) is 0 Å². The van der Waals surface area contributed by atoms with Crippen LogP contribution in [0.4, 0.5) is 11.6 Å². The Hall–Kier alpha value is -1.36. The molecule has 0 fully saturated rings. The van der Waals surface area contributed by atoms with Crippen molar-refractivity contribution in [2.24, 2.45) is 0 Å². The van der Waals surface area contributed by atoms with Crippen molar-refractivity contribution in [1.29, 1.82) is 0 Å². The van der Waals surface area contributed by atoms with Crippen LogP contribution < -0.4 is 11.1 Å². The molecule has 0 saturated heterocycles. The van der Waals surface area contributed by atoms with Crippen LogP contribution in [-0.2, 0) is 0 Å². The van der Waals surface area contributed by atoms with Crippen LogP contribution in [0.5, 0.6) is 0 Å². The third kappa shape index (κ3) is 3.36. The van der Waals surface area contributed by atoms with E-state index in [1.165, 1.54) is 6.20 Å². The molecule has 0 unspecified atom stereocenters. The average Bonchev–Trinajstić information content (AvgIpc) is 2.26. The van der Waals surface area contributed by atoms with Gasteiger partial charge in [0.2, 0.25) is 0 Å². The molecule has 0 aliphatic rings. The van der Waals surface area contributed by atoms with Crippen molar-refractivity contribution in [1.82, 2.24) is 9.97 Å². The standard InChI is InChI=1S/C10H18N4O/c1-3-10(15,4-2)7-13-9-6-12-5-8(11)14-9/h5-6,15H,3-4,7H2,1-2H3,(H3,11,13,14). The zero-order chi connectivity index (χ0) is 11.3. The zero-order valence-electron chi connectivity index (χ0n) is 9.20. The molecule has 0 aromatic carbocycles. The number of nitrogens with one attached hydrogen (secondary N) is 1. The van der Waals surface area contributed by atoms with Gasteiger partial charge in [-0.1, -0.05) is 13.8 Å². The van der Waals surface area contributed by atoms with Crippen LogP contribution in [0.15, 0.2) is 12.4 Å². The van der Waals surface area contributed by atoms with Gasteiger partial charge in [0.05, 0.1) is 18.0 Å². The minimum atomic E-state index is -0.688. The molecule has 5 heteroatoms. The smallest absolute Gasteiger partial charge is 0.147 e. The van der Waals surface area contributed by atoms with Gasteiger partial charge in [-0.15, -0.1) is 0 Å². The molecule has 4 N–H and O–H groups in total. The summed E-state index contributed by atoms with van der Waals surface area (Å²) in [5, 5.41) is 13.0. The lowest BCUT2D eigenvalue weighted by Crippen LogP contribution is -2.35. The van der Waals surface area contributed by atoms with Crippen molar-refractivity contribution in [2.45, 2.75) is 32.3 Å². The lowest BCUT2D eigenvalue weighted by Gasteiger charge is -2.25. The summed E-state index contributed by atoms with van der Waals surface area (Å²) in [7, 11) is 0. The van der Waals surface area contributed by atoms with Gasteiger partial charge in [0.1, 0.15) is 11.6 Å². The van der Waals surface area contributed by atoms with Gasteiger partial charge in [-0.05, 0) is 12.8 Å². The van der Waals surface area contributed by atoms with E-state index < -0.39 is 5.60 Å². The maximum absolute atomic E-state index is 10.0. The molecular formula is C10H18N4O. The first-order valence-electron chi connectivity index (χ1n) is 5.13. The van der Waals surface area contributed by atoms with Gasteiger partial charge in [0.25, 0.3) is 0 Å². The first kappa shape index (κ1) is 11.7. The normalized spacial score (nSPS) is 11.4. The first-order chi connectivity index (χ1) is 7.09. The van der Waals surface area contributed by atoms with Crippen LogP contribution in [0.25, 0.3) is 0 Å². The number of rotatable bonds is 5. The van der Waals surface area contributed by atoms with E-state index in [2.05, 4.69) is 15.3 Å². The van der Waals surface area contributed by atoms with Gasteiger partial charge in [-0.3, -0.25) is 4.98 Å². The highest BCUT2D eigenvalue weighted by molar-refractivity contribution is 5.38. The number of hydrogen-bond acceptors (Lipinski definition) is 5. The fraction of sp³-hybridized carbons (Fsp3) is 0.600. The predicted molar refractivity (Wildman–Crippen MR) is 60.5 cm³/mol. The molecule has 15 heavy (non-hydrogen) atoms. The van der Waals surface area contributed by atoms with Crippen LogP contribution in [0.1, 0.15) is 26.7 Å². The summed E-state index contributed by atoms with van der Waals surface area (Å²) < 4.78 is 0. The highest BCUT2D eigenvalue weighted by atomic mass is 16.3. The van der Waals surface area contributed by atoms with Gasteiger partial charge >= 0.3 is 0 Å². The summed E-state index contributed by atoms with van der Waals surface area (Å²) in [6, 6.07) is 0. The number of aliphatic hydroxyl groups is 1. The molecule has 0 atom stereocenters. The van der Waals surface area contributed by atoms with Crippen LogP contribution >= 0.6 is 0 Å². The largest absolute Gasteiger partial charge is 0.388 e. The molecule has 1 heterocycles. The second-order valence-electron chi connectivity index (χ2n) is 3.61. The fourth-order valence-electron chi connectivity index (χ4n) is 1.22. The Morgan fingerprint density at radius 2 is 2.07 bits per heavy atom. The average molecular weight is 210 g/mol. The Kier molecular flexibility index (Phi) is 3.85. The summed E-state index contributed by atoms with van der Waals surface area (Å²) in [6.45, 7) is 4.37. The van der Waals surface area contributed by atoms with E-state index in [-0.39, 0.29) is 0 Å². The molecule has 1 aromatic rings. The van der Waals surface area contributed by atoms with Crippen LogP contribution in [-0.4, -0.2) is 27.2 Å². The molecule has 0 aliphatic heterocycles. The van der Waals surface area contributed by atoms with Gasteiger partial charge in [-0.25, -0.2) is 4.98 Å². The van der Waals surface area contributed by atoms with Crippen LogP contribution in [0.3, 0.4) is 0 Å². The minimum absolute atomic E-state index is 0.372. The number of aromatic nitrogens is 2. The monoisotopic (exact) mass is 210 g/mol. The van der Waals surface area contributed by atoms with E-state index in [9.17, 15) is 5.11 Å². The molecule has 1 aromatic heterocycles. The molecule has 0 amide bonds. The Morgan fingerprint density at radius 3 is 2.60 bits per heavy atom. The van der Waals surface area contributed by atoms with E-state index in [1.54, 1.807) is 6.20 Å². The second-order valence-corrected chi connectivity index (χ2v) is 3.61. The molecule has 1 rings (SSSR count). The van der Waals surface area contributed by atoms with Gasteiger partial charge in [0.15, 0.2) is 0 Å². The maximum Gasteiger partial charge on any atom is 0.147 e. The highest BCUT2D eigenvalue weighted by Gasteiger charge is 2.21. The van der Waals surface area contributed by atoms with Crippen LogP contribution in [0, 0.1) is 0 Å². The fourth-order valence-corrected chi connectivity index (χ4v) is 1.22. The number of nitrogens with zero attached hydrogens (tertiary/aromatic N) is 2. The number of anilines is 2. The summed E-state index contributed by atoms with van der Waals surface area (Å²) in [5.74, 6) is 0.965. The van der Waals surface area contributed by atoms with E-state index >= 15 is 0 Å². The third-order valence-corrected chi connectivity index (χ3v) is 2.57. The maximum atomic E-state index is 10.0. The lowest BCUT2D eigenvalue weighted by molar-refractivity contribution is 0.0456. The van der Waals surface area contributed by atoms with Gasteiger partial charge < -0.3 is 16.2 Å². The molecule has 0 spiro atoms. The minimum Gasteiger partial charge on any atom is -0.388 e. The van der Waals surface area contributed by atoms with Crippen molar-refractivity contribution in [3.05, 3.63) is 12.4 Å². The summed E-state index contributed by atoms with van der Waals surface area (Å²) >= 11 is 0. The molecule has 0 radical (unpaired) electrons. The van der Waals surface area contributed by atoms with E-state index in [0.717, 1.165) is 0 Å². The molecule has 0 bridgehead atoms. The Labute approximate surface area is 89.7 Å². The van der Waals surface area contributed by atoms with Crippen molar-refractivity contribution in [2.75, 3.05) is 17.6 Å². The van der Waals surface area contributed by atoms with Crippen molar-refractivity contribution in [3.8, 4) is 0 Å². The molecule has 5 nitrogen and oxygen atoms in total. The first-order valence-corrected chi connectivity index (χ1v) is 5.13. The predicted octanol–water partition coefficient (Wildman–Crippen LogP) is 1.02. The van der Waals surface area contributed by atoms with Gasteiger partial charge in [0, 0.05) is 6.54 Å². The van der Waals surface area contributed by atoms with Crippen molar-refractivity contribution >= 4 is 11.6 Å². The Balaban J connectivity index is 2.56. The Morgan fingerprint density at radius 1 is 1.40 bits per heavy atom. The summed E-state index contributed by atoms with van der Waals surface area (Å²) in [6.07, 6.45) is 4.47. The highest BCUT2D eigenvalue weighted by Crippen LogP contribution is 2.15. The molecule has 0 aliphatic carbocycles. The summed E-state index contributed by atoms with van der Waals surface area (Å²) in [5.41, 5.74) is 4.80. The SMILES string of the molecule is CCC(O)(CC)CNc1cncc(N)n1. The quantitative estimate of drug-likeness (QED) is 0.675. The number of hydrogen-bond donors (Lipinski definition) is 3. The third-order valence-electron chi connectivity index (χ3n) is 2.57. The van der Waals surface area contributed by atoms with Crippen LogP contribution in [0.2, 0.25) is 0 Å². The van der Waals surface area contributed by atoms with E-state index in [1.807, 2.05) is 13.8 Å². The number of nitrogen functional groups attached to an aromatic ring is 1. The Bertz CT molecular complexity index is 312. The molecule has 0 saturated carbocycles. The topological polar surface area (TPSA) is 84.1 Å².